The smallest absolute Gasteiger partial charge is 0.353 e. The summed E-state index contributed by atoms with van der Waals surface area (Å²) < 4.78 is 64.6. The lowest BCUT2D eigenvalue weighted by Gasteiger charge is -2.38. The van der Waals surface area contributed by atoms with E-state index < -0.39 is 25.8 Å². The Morgan fingerprint density at radius 3 is 2.22 bits per heavy atom. The average molecular weight is 416 g/mol. The van der Waals surface area contributed by atoms with E-state index in [-0.39, 0.29) is 5.56 Å². The van der Waals surface area contributed by atoms with Crippen LogP contribution in [0.1, 0.15) is 19.4 Å². The van der Waals surface area contributed by atoms with Crippen LogP contribution in [0.4, 0.5) is 24.5 Å². The van der Waals surface area contributed by atoms with E-state index >= 15 is 0 Å². The maximum absolute atomic E-state index is 13.3. The second-order valence-corrected chi connectivity index (χ2v) is 9.93. The van der Waals surface area contributed by atoms with Gasteiger partial charge in [-0.25, -0.2) is 8.42 Å². The predicted octanol–water partition coefficient (Wildman–Crippen LogP) is 4.99. The number of fused-ring (bicyclic) bond motifs is 2. The number of nitrogens with one attached hydrogen (secondary N) is 1. The quantitative estimate of drug-likeness (QED) is 0.652. The molecule has 0 saturated carbocycles. The zero-order chi connectivity index (χ0) is 20.2. The lowest BCUT2D eigenvalue weighted by atomic mass is 9.91. The van der Waals surface area contributed by atoms with Gasteiger partial charge in [0.25, 0.3) is 9.84 Å². The third-order valence-corrected chi connectivity index (χ3v) is 7.48. The van der Waals surface area contributed by atoms with Gasteiger partial charge in [-0.15, -0.1) is 0 Å². The van der Waals surface area contributed by atoms with Crippen molar-refractivity contribution in [3.05, 3.63) is 42.0 Å². The minimum atomic E-state index is -5.51. The number of alkyl halides is 3. The highest BCUT2D eigenvalue weighted by atomic mass is 32.2. The highest BCUT2D eigenvalue weighted by Crippen LogP contribution is 2.51. The molecule has 2 aromatic rings. The third kappa shape index (κ3) is 3.21. The highest BCUT2D eigenvalue weighted by Gasteiger charge is 2.50. The fourth-order valence-electron chi connectivity index (χ4n) is 2.87. The molecule has 0 saturated heterocycles. The van der Waals surface area contributed by atoms with Crippen LogP contribution in [0.3, 0.4) is 0 Å². The van der Waals surface area contributed by atoms with Crippen molar-refractivity contribution >= 4 is 33.0 Å². The first-order valence-electron chi connectivity index (χ1n) is 8.07. The van der Waals surface area contributed by atoms with Gasteiger partial charge in [0, 0.05) is 20.9 Å². The minimum absolute atomic E-state index is 0.101. The average Bonchev–Trinajstić information content (AvgIpc) is 2.57. The molecule has 1 heterocycles. The predicted molar refractivity (Wildman–Crippen MR) is 100 cm³/mol. The number of para-hydroxylation sites is 1. The van der Waals surface area contributed by atoms with Gasteiger partial charge in [-0.1, -0.05) is 23.9 Å². The Labute approximate surface area is 160 Å². The van der Waals surface area contributed by atoms with Crippen LogP contribution >= 0.6 is 11.8 Å². The molecule has 0 aliphatic carbocycles. The molecule has 1 N–H and O–H groups in total. The van der Waals surface area contributed by atoms with Crippen molar-refractivity contribution in [2.45, 2.75) is 39.6 Å². The summed E-state index contributed by atoms with van der Waals surface area (Å²) in [6.45, 7) is 3.40. The van der Waals surface area contributed by atoms with Crippen LogP contribution < -0.4 is 5.32 Å². The molecular formula is C18H19F3N2O2S2. The Morgan fingerprint density at radius 1 is 1.00 bits per heavy atom. The number of sulfone groups is 1. The van der Waals surface area contributed by atoms with E-state index in [4.69, 9.17) is 0 Å². The summed E-state index contributed by atoms with van der Waals surface area (Å²) in [6, 6.07) is 9.87. The molecule has 0 fully saturated rings. The van der Waals surface area contributed by atoms with Gasteiger partial charge in [0.15, 0.2) is 0 Å². The van der Waals surface area contributed by atoms with Crippen LogP contribution in [-0.2, 0) is 15.4 Å². The molecule has 0 spiro atoms. The van der Waals surface area contributed by atoms with Gasteiger partial charge in [-0.3, -0.25) is 0 Å². The van der Waals surface area contributed by atoms with Gasteiger partial charge in [0.05, 0.1) is 16.3 Å². The van der Waals surface area contributed by atoms with Crippen molar-refractivity contribution < 1.29 is 21.6 Å². The summed E-state index contributed by atoms with van der Waals surface area (Å²) in [5.41, 5.74) is -5.13. The Morgan fingerprint density at radius 2 is 1.63 bits per heavy atom. The summed E-state index contributed by atoms with van der Waals surface area (Å²) in [4.78, 5) is 2.58. The zero-order valence-corrected chi connectivity index (χ0v) is 16.8. The molecule has 146 valence electrons. The normalized spacial score (nSPS) is 14.5. The van der Waals surface area contributed by atoms with Crippen molar-refractivity contribution in [3.8, 4) is 0 Å². The molecule has 2 aromatic carbocycles. The molecule has 4 nitrogen and oxygen atoms in total. The lowest BCUT2D eigenvalue weighted by Crippen LogP contribution is -2.38. The molecule has 0 radical (unpaired) electrons. The number of hydrogen-bond acceptors (Lipinski definition) is 5. The Hall–Kier alpha value is -1.71. The van der Waals surface area contributed by atoms with Crippen LogP contribution in [0.2, 0.25) is 0 Å². The lowest BCUT2D eigenvalue weighted by molar-refractivity contribution is -0.0437. The number of anilines is 2. The number of hydrogen-bond donors (Lipinski definition) is 1. The maximum Gasteiger partial charge on any atom is 0.501 e. The Balaban J connectivity index is 2.34. The monoisotopic (exact) mass is 416 g/mol. The van der Waals surface area contributed by atoms with Gasteiger partial charge in [0.2, 0.25) is 0 Å². The molecule has 0 unspecified atom stereocenters. The summed E-state index contributed by atoms with van der Waals surface area (Å²) in [5.74, 6) is 0. The van der Waals surface area contributed by atoms with E-state index in [1.54, 1.807) is 32.8 Å². The van der Waals surface area contributed by atoms with Crippen molar-refractivity contribution in [1.29, 1.82) is 0 Å². The van der Waals surface area contributed by atoms with Crippen LogP contribution in [0.25, 0.3) is 0 Å². The van der Waals surface area contributed by atoms with Crippen molar-refractivity contribution in [3.63, 3.8) is 0 Å². The standard InChI is InChI=1S/C18H19F3N2O2S2/c1-17(2,23(3)4)15-14(27(24,25)18(19,20)21)10-9-13-16(15)22-11-7-5-6-8-12(11)26-13/h5-10,22H,1-4H3. The molecule has 0 amide bonds. The highest BCUT2D eigenvalue weighted by molar-refractivity contribution is 7.99. The molecule has 1 aliphatic heterocycles. The van der Waals surface area contributed by atoms with Gasteiger partial charge >= 0.3 is 5.51 Å². The van der Waals surface area contributed by atoms with Crippen LogP contribution in [0, 0.1) is 0 Å². The first-order chi connectivity index (χ1) is 12.4. The van der Waals surface area contributed by atoms with Crippen molar-refractivity contribution in [2.24, 2.45) is 0 Å². The molecule has 0 aromatic heterocycles. The SMILES string of the molecule is CN(C)C(C)(C)c1c(S(=O)(=O)C(F)(F)F)ccc2c1Nc1ccccc1S2. The van der Waals surface area contributed by atoms with Crippen molar-refractivity contribution in [2.75, 3.05) is 19.4 Å². The summed E-state index contributed by atoms with van der Waals surface area (Å²) in [5, 5.41) is 3.15. The van der Waals surface area contributed by atoms with E-state index in [2.05, 4.69) is 5.32 Å². The van der Waals surface area contributed by atoms with Gasteiger partial charge in [-0.2, -0.15) is 13.2 Å². The third-order valence-electron chi connectivity index (χ3n) is 4.82. The van der Waals surface area contributed by atoms with E-state index in [0.29, 0.717) is 10.6 Å². The van der Waals surface area contributed by atoms with E-state index in [1.807, 2.05) is 24.3 Å². The number of halogens is 3. The van der Waals surface area contributed by atoms with Crippen LogP contribution in [-0.4, -0.2) is 32.9 Å². The maximum atomic E-state index is 13.3. The Bertz CT molecular complexity index is 1000. The van der Waals surface area contributed by atoms with Gasteiger partial charge in [0.1, 0.15) is 0 Å². The number of benzene rings is 2. The molecule has 27 heavy (non-hydrogen) atoms. The second kappa shape index (κ2) is 6.42. The Kier molecular flexibility index (Phi) is 4.77. The second-order valence-electron chi connectivity index (χ2n) is 6.94. The largest absolute Gasteiger partial charge is 0.501 e. The van der Waals surface area contributed by atoms with E-state index in [1.165, 1.54) is 17.8 Å². The van der Waals surface area contributed by atoms with Gasteiger partial charge in [-0.05, 0) is 52.2 Å². The topological polar surface area (TPSA) is 49.4 Å². The summed E-state index contributed by atoms with van der Waals surface area (Å²) >= 11 is 1.39. The summed E-state index contributed by atoms with van der Waals surface area (Å²) in [7, 11) is -2.11. The first-order valence-corrected chi connectivity index (χ1v) is 10.4. The van der Waals surface area contributed by atoms with E-state index in [0.717, 1.165) is 16.6 Å². The first kappa shape index (κ1) is 20.0. The molecule has 3 rings (SSSR count). The summed E-state index contributed by atoms with van der Waals surface area (Å²) in [6.07, 6.45) is 0. The number of nitrogens with zero attached hydrogens (tertiary/aromatic N) is 1. The van der Waals surface area contributed by atoms with Crippen LogP contribution in [0.15, 0.2) is 51.1 Å². The fraction of sp³-hybridized carbons (Fsp3) is 0.333. The molecule has 0 bridgehead atoms. The molecule has 9 heteroatoms. The van der Waals surface area contributed by atoms with E-state index in [9.17, 15) is 21.6 Å². The van der Waals surface area contributed by atoms with Crippen LogP contribution in [0.5, 0.6) is 0 Å². The number of rotatable bonds is 3. The van der Waals surface area contributed by atoms with Crippen molar-refractivity contribution in [1.82, 2.24) is 4.90 Å². The molecule has 0 atom stereocenters. The molecule has 1 aliphatic rings. The zero-order valence-electron chi connectivity index (χ0n) is 15.2. The fourth-order valence-corrected chi connectivity index (χ4v) is 4.99. The molecular weight excluding hydrogens is 397 g/mol. The minimum Gasteiger partial charge on any atom is -0.353 e. The van der Waals surface area contributed by atoms with Gasteiger partial charge < -0.3 is 10.2 Å².